The zero-order valence-electron chi connectivity index (χ0n) is 8.08. The van der Waals surface area contributed by atoms with Gasteiger partial charge >= 0.3 is 5.97 Å². The number of carboxylic acid groups (broad SMARTS) is 1. The predicted octanol–water partition coefficient (Wildman–Crippen LogP) is 2.32. The predicted molar refractivity (Wildman–Crippen MR) is 56.9 cm³/mol. The summed E-state index contributed by atoms with van der Waals surface area (Å²) in [5, 5.41) is 8.61. The second-order valence-electron chi connectivity index (χ2n) is 2.94. The van der Waals surface area contributed by atoms with E-state index in [1.807, 2.05) is 19.1 Å². The quantitative estimate of drug-likeness (QED) is 0.767. The molecule has 3 heteroatoms. The highest BCUT2D eigenvalue weighted by molar-refractivity contribution is 5.71. The lowest BCUT2D eigenvalue weighted by molar-refractivity contribution is -0.136. The number of H-pyrrole nitrogens is 1. The third-order valence-electron chi connectivity index (χ3n) is 1.83. The molecule has 0 aromatic carbocycles. The summed E-state index contributed by atoms with van der Waals surface area (Å²) in [6, 6.07) is 1.80. The average molecular weight is 191 g/mol. The Bertz CT molecular complexity index is 375. The molecular weight excluding hydrogens is 178 g/mol. The third-order valence-corrected chi connectivity index (χ3v) is 1.83. The van der Waals surface area contributed by atoms with E-state index in [0.29, 0.717) is 5.69 Å². The van der Waals surface area contributed by atoms with Gasteiger partial charge in [0.1, 0.15) is 0 Å². The van der Waals surface area contributed by atoms with E-state index in [2.05, 4.69) is 11.6 Å². The first-order valence-electron chi connectivity index (χ1n) is 4.36. The first kappa shape index (κ1) is 10.3. The van der Waals surface area contributed by atoms with Crippen LogP contribution in [0.5, 0.6) is 0 Å². The Hall–Kier alpha value is -1.77. The third kappa shape index (κ3) is 2.36. The molecule has 1 rings (SSSR count). The van der Waals surface area contributed by atoms with Crippen LogP contribution in [0.15, 0.2) is 18.7 Å². The van der Waals surface area contributed by atoms with Gasteiger partial charge < -0.3 is 10.1 Å². The minimum absolute atomic E-state index is 0.0123. The summed E-state index contributed by atoms with van der Waals surface area (Å²) in [6.45, 7) is 5.57. The van der Waals surface area contributed by atoms with Gasteiger partial charge in [-0.1, -0.05) is 18.7 Å². The molecule has 3 nitrogen and oxygen atoms in total. The number of aromatic nitrogens is 1. The fourth-order valence-corrected chi connectivity index (χ4v) is 1.28. The highest BCUT2D eigenvalue weighted by Gasteiger charge is 2.05. The van der Waals surface area contributed by atoms with E-state index in [-0.39, 0.29) is 6.42 Å². The highest BCUT2D eigenvalue weighted by atomic mass is 16.4. The van der Waals surface area contributed by atoms with Gasteiger partial charge in [0.2, 0.25) is 0 Å². The van der Waals surface area contributed by atoms with Gasteiger partial charge in [0, 0.05) is 11.4 Å². The fraction of sp³-hybridized carbons (Fsp3) is 0.182. The maximum Gasteiger partial charge on any atom is 0.309 e. The second kappa shape index (κ2) is 4.46. The Labute approximate surface area is 82.8 Å². The lowest BCUT2D eigenvalue weighted by atomic mass is 10.2. The molecule has 0 atom stereocenters. The number of aromatic amines is 1. The van der Waals surface area contributed by atoms with Crippen molar-refractivity contribution in [1.29, 1.82) is 0 Å². The van der Waals surface area contributed by atoms with Crippen molar-refractivity contribution < 1.29 is 9.90 Å². The van der Waals surface area contributed by atoms with E-state index >= 15 is 0 Å². The number of hydrogen-bond acceptors (Lipinski definition) is 1. The molecule has 14 heavy (non-hydrogen) atoms. The number of aliphatic carboxylic acids is 1. The monoisotopic (exact) mass is 191 g/mol. The van der Waals surface area contributed by atoms with Crippen molar-refractivity contribution in [1.82, 2.24) is 4.98 Å². The largest absolute Gasteiger partial charge is 0.481 e. The zero-order valence-corrected chi connectivity index (χ0v) is 8.08. The molecule has 0 aliphatic heterocycles. The van der Waals surface area contributed by atoms with Gasteiger partial charge in [-0.3, -0.25) is 4.79 Å². The van der Waals surface area contributed by atoms with Crippen molar-refractivity contribution in [2.45, 2.75) is 13.3 Å². The lowest BCUT2D eigenvalue weighted by Crippen LogP contribution is -1.99. The van der Waals surface area contributed by atoms with Crippen LogP contribution in [0, 0.1) is 0 Å². The number of carbonyl (C=O) groups is 1. The average Bonchev–Trinajstić information content (AvgIpc) is 2.47. The molecule has 1 aromatic heterocycles. The number of rotatable bonds is 4. The summed E-state index contributed by atoms with van der Waals surface area (Å²) < 4.78 is 0. The Morgan fingerprint density at radius 1 is 1.71 bits per heavy atom. The van der Waals surface area contributed by atoms with Crippen LogP contribution in [-0.2, 0) is 11.2 Å². The zero-order chi connectivity index (χ0) is 10.6. The van der Waals surface area contributed by atoms with E-state index in [0.717, 1.165) is 11.3 Å². The highest BCUT2D eigenvalue weighted by Crippen LogP contribution is 2.14. The molecule has 0 amide bonds. The molecule has 0 saturated carbocycles. The first-order valence-corrected chi connectivity index (χ1v) is 4.36. The van der Waals surface area contributed by atoms with Gasteiger partial charge in [0.05, 0.1) is 6.42 Å². The number of hydrogen-bond donors (Lipinski definition) is 2. The summed E-state index contributed by atoms with van der Waals surface area (Å²) in [4.78, 5) is 13.5. The number of nitrogens with one attached hydrogen (secondary N) is 1. The number of carboxylic acids is 1. The first-order chi connectivity index (χ1) is 6.67. The van der Waals surface area contributed by atoms with Crippen molar-refractivity contribution in [3.05, 3.63) is 35.7 Å². The van der Waals surface area contributed by atoms with E-state index in [1.165, 1.54) is 0 Å². The molecule has 0 saturated heterocycles. The van der Waals surface area contributed by atoms with Crippen LogP contribution in [0.3, 0.4) is 0 Å². The Kier molecular flexibility index (Phi) is 3.29. The topological polar surface area (TPSA) is 53.1 Å². The minimum Gasteiger partial charge on any atom is -0.481 e. The molecule has 1 aromatic rings. The van der Waals surface area contributed by atoms with E-state index in [4.69, 9.17) is 5.11 Å². The van der Waals surface area contributed by atoms with Crippen molar-refractivity contribution in [3.8, 4) is 0 Å². The Morgan fingerprint density at radius 3 is 2.93 bits per heavy atom. The minimum atomic E-state index is -0.839. The molecule has 1 heterocycles. The summed E-state index contributed by atoms with van der Waals surface area (Å²) >= 11 is 0. The molecule has 0 fully saturated rings. The lowest BCUT2D eigenvalue weighted by Gasteiger charge is -1.90. The van der Waals surface area contributed by atoms with Gasteiger partial charge in [-0.15, -0.1) is 0 Å². The molecule has 0 aliphatic rings. The van der Waals surface area contributed by atoms with Crippen LogP contribution in [0.25, 0.3) is 12.2 Å². The molecule has 0 unspecified atom stereocenters. The Morgan fingerprint density at radius 2 is 2.43 bits per heavy atom. The maximum atomic E-state index is 10.5. The molecular formula is C11H13NO2. The van der Waals surface area contributed by atoms with Gasteiger partial charge in [-0.25, -0.2) is 0 Å². The molecule has 0 spiro atoms. The van der Waals surface area contributed by atoms with Gasteiger partial charge in [0.25, 0.3) is 0 Å². The normalized spacial score (nSPS) is 10.6. The summed E-state index contributed by atoms with van der Waals surface area (Å²) in [5.74, 6) is -0.839. The van der Waals surface area contributed by atoms with Gasteiger partial charge in [-0.2, -0.15) is 0 Å². The summed E-state index contributed by atoms with van der Waals surface area (Å²) in [6.07, 6.45) is 5.50. The van der Waals surface area contributed by atoms with Crippen LogP contribution in [-0.4, -0.2) is 16.1 Å². The van der Waals surface area contributed by atoms with E-state index in [1.54, 1.807) is 12.1 Å². The molecule has 2 N–H and O–H groups in total. The van der Waals surface area contributed by atoms with E-state index < -0.39 is 5.97 Å². The smallest absolute Gasteiger partial charge is 0.309 e. The van der Waals surface area contributed by atoms with Crippen molar-refractivity contribution >= 4 is 18.1 Å². The Balaban J connectivity index is 2.99. The maximum absolute atomic E-state index is 10.5. The van der Waals surface area contributed by atoms with Crippen LogP contribution in [0.2, 0.25) is 0 Å². The van der Waals surface area contributed by atoms with Crippen LogP contribution in [0.1, 0.15) is 23.9 Å². The number of allylic oxidation sites excluding steroid dienone is 1. The second-order valence-corrected chi connectivity index (χ2v) is 2.94. The van der Waals surface area contributed by atoms with Crippen molar-refractivity contribution in [2.75, 3.05) is 0 Å². The van der Waals surface area contributed by atoms with Gasteiger partial charge in [0.15, 0.2) is 0 Å². The van der Waals surface area contributed by atoms with Crippen LogP contribution >= 0.6 is 0 Å². The van der Waals surface area contributed by atoms with Crippen molar-refractivity contribution in [3.63, 3.8) is 0 Å². The molecule has 74 valence electrons. The molecule has 0 radical (unpaired) electrons. The summed E-state index contributed by atoms with van der Waals surface area (Å²) in [5.41, 5.74) is 2.53. The standard InChI is InChI=1S/C11H13NO2/c1-3-5-10-8(4-2)6-9(12-10)7-11(13)14/h3-6,12H,2,7H2,1H3,(H,13,14)/b5-3-. The van der Waals surface area contributed by atoms with Crippen LogP contribution in [0.4, 0.5) is 0 Å². The van der Waals surface area contributed by atoms with Gasteiger partial charge in [-0.05, 0) is 24.6 Å². The summed E-state index contributed by atoms with van der Waals surface area (Å²) in [7, 11) is 0. The van der Waals surface area contributed by atoms with Crippen LogP contribution < -0.4 is 0 Å². The molecule has 0 bridgehead atoms. The van der Waals surface area contributed by atoms with E-state index in [9.17, 15) is 4.79 Å². The van der Waals surface area contributed by atoms with Crippen molar-refractivity contribution in [2.24, 2.45) is 0 Å². The molecule has 0 aliphatic carbocycles. The fourth-order valence-electron chi connectivity index (χ4n) is 1.28. The SMILES string of the molecule is C=Cc1cc(CC(=O)O)[nH]c1/C=C\C.